The van der Waals surface area contributed by atoms with Crippen molar-refractivity contribution in [1.82, 2.24) is 24.9 Å². The molecule has 3 aliphatic rings. The van der Waals surface area contributed by atoms with E-state index in [9.17, 15) is 4.79 Å². The Morgan fingerprint density at radius 2 is 1.87 bits per heavy atom. The molecule has 2 amide bonds. The molecule has 4 rings (SSSR count). The summed E-state index contributed by atoms with van der Waals surface area (Å²) in [7, 11) is 0. The van der Waals surface area contributed by atoms with Crippen molar-refractivity contribution in [2.24, 2.45) is 0 Å². The van der Waals surface area contributed by atoms with Crippen LogP contribution in [-0.4, -0.2) is 78.0 Å². The molecule has 1 N–H and O–H groups in total. The zero-order valence-corrected chi connectivity index (χ0v) is 13.7. The molecule has 23 heavy (non-hydrogen) atoms. The van der Waals surface area contributed by atoms with Gasteiger partial charge < -0.3 is 10.2 Å². The Labute approximate surface area is 137 Å². The number of anilines is 1. The monoisotopic (exact) mass is 318 g/mol. The molecule has 0 aromatic carbocycles. The van der Waals surface area contributed by atoms with E-state index in [2.05, 4.69) is 20.2 Å². The maximum atomic E-state index is 11.7. The lowest BCUT2D eigenvalue weighted by Crippen LogP contribution is -2.50. The van der Waals surface area contributed by atoms with Gasteiger partial charge in [-0.1, -0.05) is 6.42 Å². The number of nitrogens with one attached hydrogen (secondary N) is 1. The Balaban J connectivity index is 1.24. The van der Waals surface area contributed by atoms with E-state index in [1.807, 2.05) is 10.9 Å². The summed E-state index contributed by atoms with van der Waals surface area (Å²) in [4.78, 5) is 18.5. The van der Waals surface area contributed by atoms with Gasteiger partial charge in [0.15, 0.2) is 0 Å². The molecule has 3 aliphatic heterocycles. The smallest absolute Gasteiger partial charge is 0.322 e. The molecule has 0 radical (unpaired) electrons. The Kier molecular flexibility index (Phi) is 4.22. The van der Waals surface area contributed by atoms with Gasteiger partial charge in [-0.05, 0) is 25.9 Å². The third-order valence-corrected chi connectivity index (χ3v) is 5.25. The second-order valence-corrected chi connectivity index (χ2v) is 6.88. The van der Waals surface area contributed by atoms with Gasteiger partial charge in [0.05, 0.1) is 17.9 Å². The molecule has 126 valence electrons. The second-order valence-electron chi connectivity index (χ2n) is 6.88. The molecule has 0 spiro atoms. The Morgan fingerprint density at radius 3 is 2.61 bits per heavy atom. The van der Waals surface area contributed by atoms with Gasteiger partial charge in [0.1, 0.15) is 0 Å². The summed E-state index contributed by atoms with van der Waals surface area (Å²) in [6.45, 7) is 8.51. The highest BCUT2D eigenvalue weighted by Crippen LogP contribution is 2.24. The first kappa shape index (κ1) is 15.0. The molecule has 0 unspecified atom stereocenters. The first-order valence-corrected chi connectivity index (χ1v) is 8.84. The summed E-state index contributed by atoms with van der Waals surface area (Å²) >= 11 is 0. The van der Waals surface area contributed by atoms with Crippen molar-refractivity contribution in [3.05, 3.63) is 12.4 Å². The van der Waals surface area contributed by atoms with Crippen LogP contribution in [0.25, 0.3) is 0 Å². The molecule has 1 aromatic heterocycles. The lowest BCUT2D eigenvalue weighted by molar-refractivity contribution is 0.0805. The average molecular weight is 318 g/mol. The van der Waals surface area contributed by atoms with E-state index in [1.165, 1.54) is 45.4 Å². The molecule has 1 aromatic rings. The molecule has 0 atom stereocenters. The highest BCUT2D eigenvalue weighted by atomic mass is 16.2. The minimum Gasteiger partial charge on any atom is -0.336 e. The third kappa shape index (κ3) is 3.21. The van der Waals surface area contributed by atoms with Crippen molar-refractivity contribution in [1.29, 1.82) is 0 Å². The van der Waals surface area contributed by atoms with Crippen LogP contribution >= 0.6 is 0 Å². The minimum atomic E-state index is -0.0127. The van der Waals surface area contributed by atoms with E-state index in [4.69, 9.17) is 0 Å². The van der Waals surface area contributed by atoms with Crippen molar-refractivity contribution in [3.8, 4) is 0 Å². The van der Waals surface area contributed by atoms with E-state index in [-0.39, 0.29) is 6.03 Å². The third-order valence-electron chi connectivity index (χ3n) is 5.25. The van der Waals surface area contributed by atoms with E-state index < -0.39 is 0 Å². The molecule has 0 bridgehead atoms. The van der Waals surface area contributed by atoms with Crippen LogP contribution in [0.4, 0.5) is 10.5 Å². The van der Waals surface area contributed by atoms with Gasteiger partial charge in [0, 0.05) is 45.5 Å². The van der Waals surface area contributed by atoms with Crippen molar-refractivity contribution in [2.75, 3.05) is 57.3 Å². The fourth-order valence-electron chi connectivity index (χ4n) is 3.74. The van der Waals surface area contributed by atoms with Gasteiger partial charge in [0.25, 0.3) is 0 Å². The van der Waals surface area contributed by atoms with Crippen molar-refractivity contribution >= 4 is 11.7 Å². The number of carbonyl (C=O) groups excluding carboxylic acids is 1. The van der Waals surface area contributed by atoms with E-state index in [0.717, 1.165) is 31.9 Å². The number of aromatic nitrogens is 2. The van der Waals surface area contributed by atoms with Crippen molar-refractivity contribution in [2.45, 2.75) is 25.3 Å². The Hall–Kier alpha value is -1.60. The minimum absolute atomic E-state index is 0.0127. The van der Waals surface area contributed by atoms with E-state index in [1.54, 1.807) is 11.1 Å². The number of rotatable bonds is 5. The summed E-state index contributed by atoms with van der Waals surface area (Å²) in [6, 6.07) is 0.442. The fraction of sp³-hybridized carbons (Fsp3) is 0.750. The number of hydrogen-bond donors (Lipinski definition) is 1. The number of piperidine rings is 1. The molecule has 3 saturated heterocycles. The maximum absolute atomic E-state index is 11.7. The van der Waals surface area contributed by atoms with Gasteiger partial charge >= 0.3 is 6.03 Å². The SMILES string of the molecule is O=C1NCCN1c1cnn(C2CN(CCN3CCCCC3)C2)c1. The zero-order valence-electron chi connectivity index (χ0n) is 13.7. The number of hydrogen-bond acceptors (Lipinski definition) is 4. The van der Waals surface area contributed by atoms with Crippen molar-refractivity contribution in [3.63, 3.8) is 0 Å². The molecule has 7 heteroatoms. The first-order valence-electron chi connectivity index (χ1n) is 8.84. The van der Waals surface area contributed by atoms with Crippen LogP contribution in [0.1, 0.15) is 25.3 Å². The lowest BCUT2D eigenvalue weighted by Gasteiger charge is -2.40. The first-order chi connectivity index (χ1) is 11.3. The summed E-state index contributed by atoms with van der Waals surface area (Å²) in [5.74, 6) is 0. The van der Waals surface area contributed by atoms with Crippen LogP contribution in [0.2, 0.25) is 0 Å². The zero-order chi connectivity index (χ0) is 15.6. The van der Waals surface area contributed by atoms with Gasteiger partial charge in [0.2, 0.25) is 0 Å². The molecule has 3 fully saturated rings. The average Bonchev–Trinajstić information content (AvgIpc) is 3.15. The molecule has 0 saturated carbocycles. The predicted molar refractivity (Wildman–Crippen MR) is 88.7 cm³/mol. The van der Waals surface area contributed by atoms with Crippen LogP contribution in [0.15, 0.2) is 12.4 Å². The Bertz CT molecular complexity index is 547. The predicted octanol–water partition coefficient (Wildman–Crippen LogP) is 0.755. The number of urea groups is 1. The Morgan fingerprint density at radius 1 is 1.09 bits per heavy atom. The molecule has 4 heterocycles. The highest BCUT2D eigenvalue weighted by molar-refractivity contribution is 5.93. The fourth-order valence-corrected chi connectivity index (χ4v) is 3.74. The van der Waals surface area contributed by atoms with Gasteiger partial charge in [-0.25, -0.2) is 4.79 Å². The van der Waals surface area contributed by atoms with Crippen molar-refractivity contribution < 1.29 is 4.79 Å². The van der Waals surface area contributed by atoms with Crippen LogP contribution in [0.3, 0.4) is 0 Å². The van der Waals surface area contributed by atoms with E-state index >= 15 is 0 Å². The standard InChI is InChI=1S/C16H26N6O/c23-16-17-4-7-21(16)14-10-18-22(13-14)15-11-20(12-15)9-8-19-5-2-1-3-6-19/h10,13,15H,1-9,11-12H2,(H,17,23). The second kappa shape index (κ2) is 6.49. The van der Waals surface area contributed by atoms with Gasteiger partial charge in [-0.3, -0.25) is 14.5 Å². The normalized spacial score (nSPS) is 24.0. The number of amides is 2. The molecule has 7 nitrogen and oxygen atoms in total. The largest absolute Gasteiger partial charge is 0.336 e. The summed E-state index contributed by atoms with van der Waals surface area (Å²) in [5.41, 5.74) is 0.909. The topological polar surface area (TPSA) is 56.6 Å². The lowest BCUT2D eigenvalue weighted by atomic mass is 10.1. The van der Waals surface area contributed by atoms with Crippen LogP contribution in [0, 0.1) is 0 Å². The van der Waals surface area contributed by atoms with Crippen LogP contribution in [-0.2, 0) is 0 Å². The molecular weight excluding hydrogens is 292 g/mol. The summed E-state index contributed by atoms with van der Waals surface area (Å²) in [5, 5.41) is 7.29. The molecular formula is C16H26N6O. The summed E-state index contributed by atoms with van der Waals surface area (Å²) < 4.78 is 2.03. The number of likely N-dealkylation sites (tertiary alicyclic amines) is 2. The van der Waals surface area contributed by atoms with Gasteiger partial charge in [-0.15, -0.1) is 0 Å². The quantitative estimate of drug-likeness (QED) is 0.871. The highest BCUT2D eigenvalue weighted by Gasteiger charge is 2.30. The number of carbonyl (C=O) groups is 1. The molecule has 0 aliphatic carbocycles. The number of nitrogens with zero attached hydrogens (tertiary/aromatic N) is 5. The van der Waals surface area contributed by atoms with E-state index in [0.29, 0.717) is 6.04 Å². The maximum Gasteiger partial charge on any atom is 0.322 e. The van der Waals surface area contributed by atoms with Gasteiger partial charge in [-0.2, -0.15) is 5.10 Å². The van der Waals surface area contributed by atoms with Crippen LogP contribution in [0.5, 0.6) is 0 Å². The summed E-state index contributed by atoms with van der Waals surface area (Å²) in [6.07, 6.45) is 7.95. The van der Waals surface area contributed by atoms with Crippen LogP contribution < -0.4 is 10.2 Å².